The molecular weight excluding hydrogens is 1160 g/mol. The number of aliphatic hydroxyl groups is 2. The molecule has 4 aliphatic heterocycles. The second kappa shape index (κ2) is 29.4. The van der Waals surface area contributed by atoms with Gasteiger partial charge in [-0.25, -0.2) is 33.5 Å². The number of aliphatic carboxylic acids is 1. The number of nitrogens with zero attached hydrogens (tertiary/aromatic N) is 6. The van der Waals surface area contributed by atoms with E-state index in [-0.39, 0.29) is 61.8 Å². The van der Waals surface area contributed by atoms with E-state index in [1.165, 1.54) is 67.5 Å². The Morgan fingerprint density at radius 2 is 1.13 bits per heavy atom. The first-order valence-electron chi connectivity index (χ1n) is 26.7. The molecule has 10 rings (SSSR count). The maximum Gasteiger partial charge on any atom is 0.326 e. The van der Waals surface area contributed by atoms with E-state index in [0.29, 0.717) is 98.9 Å². The zero-order chi connectivity index (χ0) is 59.5. The highest BCUT2D eigenvalue weighted by Gasteiger charge is 2.36. The Labute approximate surface area is 499 Å². The molecule has 2 fully saturated rings. The molecule has 0 spiro atoms. The molecule has 448 valence electrons. The lowest BCUT2D eigenvalue weighted by Gasteiger charge is -2.26. The monoisotopic (exact) mass is 1220 g/mol. The average Bonchev–Trinajstić information content (AvgIpc) is 4.25. The second-order valence-electron chi connectivity index (χ2n) is 20.0. The van der Waals surface area contributed by atoms with Crippen molar-refractivity contribution in [3.63, 3.8) is 0 Å². The summed E-state index contributed by atoms with van der Waals surface area (Å²) in [5, 5.41) is 38.0. The molecule has 21 nitrogen and oxygen atoms in total. The number of fused-ring (bicyclic) bond motifs is 2. The van der Waals surface area contributed by atoms with Crippen molar-refractivity contribution in [2.24, 2.45) is 5.73 Å². The van der Waals surface area contributed by atoms with Crippen LogP contribution in [0.4, 0.5) is 20.7 Å². The summed E-state index contributed by atoms with van der Waals surface area (Å²) >= 11 is 12.8. The predicted molar refractivity (Wildman–Crippen MR) is 311 cm³/mol. The van der Waals surface area contributed by atoms with Gasteiger partial charge in [-0.1, -0.05) is 47.5 Å². The number of carbonyl (C=O) groups is 4. The lowest BCUT2D eigenvalue weighted by molar-refractivity contribution is -0.141. The Morgan fingerprint density at radius 3 is 1.56 bits per heavy atom. The summed E-state index contributed by atoms with van der Waals surface area (Å²) in [6.07, 6.45) is 6.54. The van der Waals surface area contributed by atoms with Crippen molar-refractivity contribution in [2.45, 2.75) is 88.9 Å². The van der Waals surface area contributed by atoms with Crippen molar-refractivity contribution in [1.29, 1.82) is 0 Å². The number of hydrogen-bond donors (Lipinski definition) is 7. The topological polar surface area (TPSA) is 286 Å². The van der Waals surface area contributed by atoms with Crippen LogP contribution in [0.5, 0.6) is 11.5 Å². The molecule has 0 radical (unpaired) electrons. The van der Waals surface area contributed by atoms with Gasteiger partial charge < -0.3 is 65.8 Å². The summed E-state index contributed by atoms with van der Waals surface area (Å²) in [5.74, 6) is -1.53. The summed E-state index contributed by atoms with van der Waals surface area (Å²) < 4.78 is 47.6. The molecule has 0 bridgehead atoms. The summed E-state index contributed by atoms with van der Waals surface area (Å²) in [6, 6.07) is 16.1. The molecule has 4 aliphatic rings. The molecule has 0 aliphatic carbocycles. The number of hydrogen-bond acceptors (Lipinski definition) is 17. The number of anilines is 2. The van der Waals surface area contributed by atoms with E-state index in [9.17, 15) is 38.2 Å². The third-order valence-corrected chi connectivity index (χ3v) is 15.0. The maximum atomic E-state index is 14.0. The van der Waals surface area contributed by atoms with Gasteiger partial charge in [-0.2, -0.15) is 0 Å². The molecule has 4 atom stereocenters. The van der Waals surface area contributed by atoms with E-state index >= 15 is 0 Å². The number of carbonyl (C=O) groups excluding carboxylic acids is 3. The molecule has 6 heterocycles. The molecule has 2 aromatic heterocycles. The van der Waals surface area contributed by atoms with Crippen LogP contribution in [-0.2, 0) is 32.2 Å². The number of nitrogens with two attached hydrogens (primary N) is 1. The first-order valence-corrected chi connectivity index (χ1v) is 27.5. The van der Waals surface area contributed by atoms with Gasteiger partial charge in [0.1, 0.15) is 35.2 Å². The highest BCUT2D eigenvalue weighted by atomic mass is 35.5. The zero-order valence-corrected chi connectivity index (χ0v) is 48.6. The van der Waals surface area contributed by atoms with Gasteiger partial charge in [0.2, 0.25) is 17.8 Å². The van der Waals surface area contributed by atoms with Crippen LogP contribution in [-0.4, -0.2) is 147 Å². The van der Waals surface area contributed by atoms with E-state index in [1.54, 1.807) is 31.3 Å². The number of carboxylic acids is 1. The summed E-state index contributed by atoms with van der Waals surface area (Å²) in [5.41, 5.74) is 11.2. The standard InChI is InChI=1S/C29H31ClFN5O5.C20H21ClN4O4.C9H12FNO2.ClH/c1-16(27(38)34-25(15-37)19-9-20(31)12-22(10-19)40-2)36-14-18-4-3-17(11-23(18)28(36)39)26-24(30)13-32-29(35-26)33-21-5-7-41-8-6-21;1-11(19(27)28)25-10-13-3-2-12(8-15(13)18(25)26)17-16(21)9-22-20(24-17)23-14-4-6-29-7-5-14;1-13-8-3-6(9(11)5-12)2-7(10)4-8;/h3-4,9-13,16,21,25,37H,5-8,14-15H2,1-2H3,(H,34,38)(H,32,33,35);2-3,8-9,11,14H,4-7,10H2,1H3,(H,27,28)(H,22,23,24);2-4,9,12H,5,11H2,1H3;1H/t16-,25-;11-;9-;/m111./s1. The van der Waals surface area contributed by atoms with Crippen LogP contribution in [0.3, 0.4) is 0 Å². The number of nitrogens with one attached hydrogen (secondary N) is 3. The van der Waals surface area contributed by atoms with E-state index in [4.69, 9.17) is 53.0 Å². The SMILES string of the molecule is COc1cc(F)cc([C@@H](CO)NC(=O)[C@@H](C)N2Cc3ccc(-c4nc(NC5CCOCC5)ncc4Cl)cc3C2=O)c1.COc1cc(F)cc([C@H](N)CO)c1.C[C@H](C(=O)O)N1Cc2ccc(-c3nc(NC4CCOCC4)ncc3Cl)cc2C1=O.Cl. The van der Waals surface area contributed by atoms with Crippen molar-refractivity contribution in [3.05, 3.63) is 140 Å². The van der Waals surface area contributed by atoms with E-state index in [1.807, 2.05) is 24.3 Å². The summed E-state index contributed by atoms with van der Waals surface area (Å²) in [6.45, 7) is 5.70. The van der Waals surface area contributed by atoms with Crippen LogP contribution in [0.2, 0.25) is 10.0 Å². The number of methoxy groups -OCH3 is 2. The Bertz CT molecular complexity index is 3320. The van der Waals surface area contributed by atoms with Crippen molar-refractivity contribution in [3.8, 4) is 34.0 Å². The average molecular weight is 1220 g/mol. The summed E-state index contributed by atoms with van der Waals surface area (Å²) in [7, 11) is 2.85. The van der Waals surface area contributed by atoms with Crippen LogP contribution in [0.1, 0.15) is 94.6 Å². The third-order valence-electron chi connectivity index (χ3n) is 14.5. The van der Waals surface area contributed by atoms with E-state index in [2.05, 4.69) is 35.9 Å². The van der Waals surface area contributed by atoms with Crippen LogP contribution >= 0.6 is 35.6 Å². The minimum atomic E-state index is -1.03. The van der Waals surface area contributed by atoms with Gasteiger partial charge in [0, 0.05) is 86.0 Å². The number of benzene rings is 4. The third kappa shape index (κ3) is 15.7. The van der Waals surface area contributed by atoms with Gasteiger partial charge in [-0.3, -0.25) is 14.4 Å². The highest BCUT2D eigenvalue weighted by molar-refractivity contribution is 6.33. The fourth-order valence-corrected chi connectivity index (χ4v) is 10.0. The van der Waals surface area contributed by atoms with Gasteiger partial charge in [0.25, 0.3) is 11.8 Å². The fraction of sp³-hybridized carbons (Fsp3) is 0.379. The van der Waals surface area contributed by atoms with Crippen LogP contribution in [0, 0.1) is 11.6 Å². The Hall–Kier alpha value is -7.35. The number of amides is 3. The van der Waals surface area contributed by atoms with Crippen molar-refractivity contribution in [2.75, 3.05) is 64.5 Å². The zero-order valence-electron chi connectivity index (χ0n) is 46.3. The fourth-order valence-electron chi connectivity index (χ4n) is 9.62. The van der Waals surface area contributed by atoms with Crippen LogP contribution < -0.4 is 31.2 Å². The van der Waals surface area contributed by atoms with Crippen LogP contribution in [0.15, 0.2) is 85.2 Å². The first kappa shape index (κ1) is 64.2. The van der Waals surface area contributed by atoms with Gasteiger partial charge in [-0.05, 0) is 98.2 Å². The van der Waals surface area contributed by atoms with E-state index in [0.717, 1.165) is 36.8 Å². The number of rotatable bonds is 17. The van der Waals surface area contributed by atoms with Crippen molar-refractivity contribution < 1.29 is 62.2 Å². The number of halogens is 5. The number of aliphatic hydroxyl groups excluding tert-OH is 2. The van der Waals surface area contributed by atoms with Gasteiger partial charge in [0.05, 0.1) is 73.3 Å². The molecule has 4 aromatic carbocycles. The molecule has 26 heteroatoms. The predicted octanol–water partition coefficient (Wildman–Crippen LogP) is 7.79. The normalized spacial score (nSPS) is 16.3. The molecule has 0 saturated carbocycles. The van der Waals surface area contributed by atoms with Gasteiger partial charge in [-0.15, -0.1) is 12.4 Å². The Kier molecular flexibility index (Phi) is 22.5. The van der Waals surface area contributed by atoms with Gasteiger partial charge in [0.15, 0.2) is 0 Å². The lowest BCUT2D eigenvalue weighted by atomic mass is 10.0. The quantitative estimate of drug-likeness (QED) is 0.0458. The largest absolute Gasteiger partial charge is 0.497 e. The second-order valence-corrected chi connectivity index (χ2v) is 20.8. The van der Waals surface area contributed by atoms with Gasteiger partial charge >= 0.3 is 5.97 Å². The molecule has 2 saturated heterocycles. The Morgan fingerprint density at radius 1 is 0.690 bits per heavy atom. The van der Waals surface area contributed by atoms with Crippen molar-refractivity contribution in [1.82, 2.24) is 35.1 Å². The Balaban J connectivity index is 0.000000204. The van der Waals surface area contributed by atoms with Crippen LogP contribution in [0.25, 0.3) is 22.5 Å². The molecule has 3 amide bonds. The molecule has 8 N–H and O–H groups in total. The minimum absolute atomic E-state index is 0. The first-order chi connectivity index (χ1) is 39.9. The molecule has 0 unspecified atom stereocenters. The molecule has 6 aromatic rings. The van der Waals surface area contributed by atoms with E-state index < -0.39 is 54.3 Å². The maximum absolute atomic E-state index is 14.0. The lowest BCUT2D eigenvalue weighted by Crippen LogP contribution is -2.46. The summed E-state index contributed by atoms with van der Waals surface area (Å²) in [4.78, 5) is 71.1. The van der Waals surface area contributed by atoms with Crippen molar-refractivity contribution >= 4 is 71.2 Å². The molecular formula is C58H65Cl3F2N10O11. The molecule has 84 heavy (non-hydrogen) atoms. The number of carboxylic acid groups (broad SMARTS) is 1. The number of ether oxygens (including phenoxy) is 4. The number of aromatic nitrogens is 4. The smallest absolute Gasteiger partial charge is 0.326 e. The highest BCUT2D eigenvalue weighted by Crippen LogP contribution is 2.35. The minimum Gasteiger partial charge on any atom is -0.497 e.